The summed E-state index contributed by atoms with van der Waals surface area (Å²) in [6, 6.07) is -0.267. The molecule has 2 N–H and O–H groups in total. The fourth-order valence-corrected chi connectivity index (χ4v) is 2.11. The molecule has 2 aliphatic rings. The number of aliphatic hydroxyl groups is 1. The summed E-state index contributed by atoms with van der Waals surface area (Å²) >= 11 is 0. The fraction of sp³-hybridized carbons (Fsp3) is 0.800. The van der Waals surface area contributed by atoms with Gasteiger partial charge in [-0.05, 0) is 0 Å². The summed E-state index contributed by atoms with van der Waals surface area (Å²) in [6.45, 7) is 1.68. The molecule has 0 bridgehead atoms. The van der Waals surface area contributed by atoms with Gasteiger partial charge in [-0.25, -0.2) is 0 Å². The van der Waals surface area contributed by atoms with E-state index in [2.05, 4.69) is 5.32 Å². The van der Waals surface area contributed by atoms with Gasteiger partial charge in [0.15, 0.2) is 0 Å². The Kier molecular flexibility index (Phi) is 3.40. The molecule has 2 amide bonds. The van der Waals surface area contributed by atoms with E-state index in [-0.39, 0.29) is 36.8 Å². The van der Waals surface area contributed by atoms with Crippen molar-refractivity contribution in [3.63, 3.8) is 0 Å². The maximum atomic E-state index is 12.1. The first kappa shape index (κ1) is 11.3. The Morgan fingerprint density at radius 2 is 2.44 bits per heavy atom. The van der Waals surface area contributed by atoms with Crippen molar-refractivity contribution in [2.75, 3.05) is 32.9 Å². The van der Waals surface area contributed by atoms with Crippen molar-refractivity contribution in [1.29, 1.82) is 0 Å². The van der Waals surface area contributed by atoms with Crippen LogP contribution in [0.4, 0.5) is 0 Å². The minimum absolute atomic E-state index is 0.0549. The number of rotatable bonds is 2. The van der Waals surface area contributed by atoms with Crippen molar-refractivity contribution in [2.45, 2.75) is 12.5 Å². The van der Waals surface area contributed by atoms with E-state index in [4.69, 9.17) is 9.84 Å². The lowest BCUT2D eigenvalue weighted by molar-refractivity contribution is -0.145. The molecule has 2 saturated heterocycles. The number of carbonyl (C=O) groups is 2. The maximum Gasteiger partial charge on any atom is 0.228 e. The van der Waals surface area contributed by atoms with E-state index in [9.17, 15) is 9.59 Å². The van der Waals surface area contributed by atoms with Crippen LogP contribution in [0, 0.1) is 5.92 Å². The van der Waals surface area contributed by atoms with E-state index < -0.39 is 0 Å². The molecule has 0 aliphatic carbocycles. The predicted molar refractivity (Wildman–Crippen MR) is 54.5 cm³/mol. The smallest absolute Gasteiger partial charge is 0.228 e. The van der Waals surface area contributed by atoms with Gasteiger partial charge in [0.2, 0.25) is 11.8 Å². The Morgan fingerprint density at radius 1 is 1.62 bits per heavy atom. The minimum atomic E-state index is -0.278. The van der Waals surface area contributed by atoms with Gasteiger partial charge in [-0.15, -0.1) is 0 Å². The molecule has 2 rings (SSSR count). The van der Waals surface area contributed by atoms with Gasteiger partial charge in [-0.2, -0.15) is 0 Å². The van der Waals surface area contributed by atoms with Crippen LogP contribution in [0.5, 0.6) is 0 Å². The summed E-state index contributed by atoms with van der Waals surface area (Å²) in [6.07, 6.45) is 0.258. The number of amides is 2. The van der Waals surface area contributed by atoms with Gasteiger partial charge in [-0.3, -0.25) is 9.59 Å². The summed E-state index contributed by atoms with van der Waals surface area (Å²) in [7, 11) is 0. The maximum absolute atomic E-state index is 12.1. The van der Waals surface area contributed by atoms with Crippen LogP contribution in [-0.2, 0) is 14.3 Å². The number of hydrogen-bond donors (Lipinski definition) is 2. The van der Waals surface area contributed by atoms with Crippen molar-refractivity contribution < 1.29 is 19.4 Å². The zero-order valence-electron chi connectivity index (χ0n) is 9.02. The van der Waals surface area contributed by atoms with Gasteiger partial charge in [0.25, 0.3) is 0 Å². The quantitative estimate of drug-likeness (QED) is 0.593. The third-order valence-electron chi connectivity index (χ3n) is 3.05. The lowest BCUT2D eigenvalue weighted by atomic mass is 10.1. The first-order chi connectivity index (χ1) is 7.72. The molecule has 6 nitrogen and oxygen atoms in total. The first-order valence-electron chi connectivity index (χ1n) is 5.48. The van der Waals surface area contributed by atoms with Crippen LogP contribution in [0.2, 0.25) is 0 Å². The standard InChI is InChI=1S/C10H16N2O4/c13-5-8-6-16-2-1-12(8)10(15)7-3-9(14)11-4-7/h7-8,13H,1-6H2,(H,11,14). The number of hydrogen-bond acceptors (Lipinski definition) is 4. The Balaban J connectivity index is 1.99. The van der Waals surface area contributed by atoms with Gasteiger partial charge in [0.05, 0.1) is 31.8 Å². The Hall–Kier alpha value is -1.14. The Labute approximate surface area is 93.6 Å². The normalized spacial score (nSPS) is 30.3. The summed E-state index contributed by atoms with van der Waals surface area (Å²) in [4.78, 5) is 24.8. The average molecular weight is 228 g/mol. The largest absolute Gasteiger partial charge is 0.394 e. The summed E-state index contributed by atoms with van der Waals surface area (Å²) in [5.74, 6) is -0.410. The van der Waals surface area contributed by atoms with E-state index >= 15 is 0 Å². The molecule has 0 radical (unpaired) electrons. The third-order valence-corrected chi connectivity index (χ3v) is 3.05. The average Bonchev–Trinajstić information content (AvgIpc) is 2.75. The van der Waals surface area contributed by atoms with Crippen LogP contribution in [0.1, 0.15) is 6.42 Å². The van der Waals surface area contributed by atoms with Crippen LogP contribution in [0.3, 0.4) is 0 Å². The van der Waals surface area contributed by atoms with Crippen LogP contribution in [-0.4, -0.2) is 60.8 Å². The highest BCUT2D eigenvalue weighted by molar-refractivity contribution is 5.89. The second-order valence-electron chi connectivity index (χ2n) is 4.15. The number of aliphatic hydroxyl groups excluding tert-OH is 1. The summed E-state index contributed by atoms with van der Waals surface area (Å²) in [5, 5.41) is 11.8. The van der Waals surface area contributed by atoms with Crippen molar-refractivity contribution in [3.05, 3.63) is 0 Å². The van der Waals surface area contributed by atoms with E-state index in [0.29, 0.717) is 26.3 Å². The lowest BCUT2D eigenvalue weighted by Gasteiger charge is -2.35. The van der Waals surface area contributed by atoms with Gasteiger partial charge in [0, 0.05) is 19.5 Å². The molecule has 0 spiro atoms. The second kappa shape index (κ2) is 4.80. The van der Waals surface area contributed by atoms with Gasteiger partial charge in [-0.1, -0.05) is 0 Å². The molecule has 90 valence electrons. The number of nitrogens with zero attached hydrogens (tertiary/aromatic N) is 1. The topological polar surface area (TPSA) is 78.9 Å². The molecule has 0 saturated carbocycles. The fourth-order valence-electron chi connectivity index (χ4n) is 2.11. The molecule has 0 aromatic rings. The summed E-state index contributed by atoms with van der Waals surface area (Å²) < 4.78 is 5.20. The Morgan fingerprint density at radius 3 is 3.06 bits per heavy atom. The number of ether oxygens (including phenoxy) is 1. The minimum Gasteiger partial charge on any atom is -0.394 e. The van der Waals surface area contributed by atoms with E-state index in [1.807, 2.05) is 0 Å². The van der Waals surface area contributed by atoms with Crippen molar-refractivity contribution >= 4 is 11.8 Å². The molecule has 2 heterocycles. The molecule has 16 heavy (non-hydrogen) atoms. The molecule has 0 aromatic carbocycles. The highest BCUT2D eigenvalue weighted by Gasteiger charge is 2.35. The molecule has 2 aliphatic heterocycles. The molecular weight excluding hydrogens is 212 g/mol. The lowest BCUT2D eigenvalue weighted by Crippen LogP contribution is -2.52. The molecule has 6 heteroatoms. The molecule has 0 aromatic heterocycles. The molecule has 2 unspecified atom stereocenters. The predicted octanol–water partition coefficient (Wildman–Crippen LogP) is -1.66. The number of carbonyl (C=O) groups excluding carboxylic acids is 2. The van der Waals surface area contributed by atoms with Gasteiger partial charge >= 0.3 is 0 Å². The number of morpholine rings is 1. The monoisotopic (exact) mass is 228 g/mol. The van der Waals surface area contributed by atoms with E-state index in [0.717, 1.165) is 0 Å². The summed E-state index contributed by atoms with van der Waals surface area (Å²) in [5.41, 5.74) is 0. The van der Waals surface area contributed by atoms with Crippen LogP contribution >= 0.6 is 0 Å². The van der Waals surface area contributed by atoms with Crippen LogP contribution in [0.15, 0.2) is 0 Å². The second-order valence-corrected chi connectivity index (χ2v) is 4.15. The van der Waals surface area contributed by atoms with Crippen molar-refractivity contribution in [2.24, 2.45) is 5.92 Å². The highest BCUT2D eigenvalue weighted by atomic mass is 16.5. The molecule has 2 atom stereocenters. The zero-order chi connectivity index (χ0) is 11.5. The third kappa shape index (κ3) is 2.17. The Bertz CT molecular complexity index is 295. The molecule has 2 fully saturated rings. The highest BCUT2D eigenvalue weighted by Crippen LogP contribution is 2.16. The van der Waals surface area contributed by atoms with E-state index in [1.54, 1.807) is 4.90 Å². The van der Waals surface area contributed by atoms with Crippen molar-refractivity contribution in [1.82, 2.24) is 10.2 Å². The van der Waals surface area contributed by atoms with Crippen molar-refractivity contribution in [3.8, 4) is 0 Å². The van der Waals surface area contributed by atoms with Gasteiger partial charge < -0.3 is 20.1 Å². The SMILES string of the molecule is O=C1CC(C(=O)N2CCOCC2CO)CN1. The van der Waals surface area contributed by atoms with Crippen LogP contribution < -0.4 is 5.32 Å². The van der Waals surface area contributed by atoms with Gasteiger partial charge in [0.1, 0.15) is 0 Å². The first-order valence-corrected chi connectivity index (χ1v) is 5.48. The zero-order valence-corrected chi connectivity index (χ0v) is 9.02. The number of nitrogens with one attached hydrogen (secondary N) is 1. The van der Waals surface area contributed by atoms with Crippen LogP contribution in [0.25, 0.3) is 0 Å². The molecular formula is C10H16N2O4. The van der Waals surface area contributed by atoms with E-state index in [1.165, 1.54) is 0 Å².